The van der Waals surface area contributed by atoms with Crippen molar-refractivity contribution in [3.05, 3.63) is 71.5 Å². The zero-order chi connectivity index (χ0) is 20.4. The van der Waals surface area contributed by atoms with Crippen molar-refractivity contribution in [2.45, 2.75) is 18.9 Å². The molecule has 1 aliphatic rings. The number of methoxy groups -OCH3 is 1. The molecule has 3 aromatic rings. The minimum atomic E-state index is -0.970. The third kappa shape index (κ3) is 3.59. The van der Waals surface area contributed by atoms with Gasteiger partial charge in [-0.3, -0.25) is 9.89 Å². The molecule has 0 saturated carbocycles. The van der Waals surface area contributed by atoms with Gasteiger partial charge in [-0.15, -0.1) is 0 Å². The highest BCUT2D eigenvalue weighted by Gasteiger charge is 2.31. The average molecular weight is 391 g/mol. The maximum Gasteiger partial charge on any atom is 0.335 e. The number of nitrogens with zero attached hydrogens (tertiary/aromatic N) is 2. The van der Waals surface area contributed by atoms with Gasteiger partial charge in [0.15, 0.2) is 0 Å². The van der Waals surface area contributed by atoms with Gasteiger partial charge in [-0.1, -0.05) is 12.1 Å². The Morgan fingerprint density at radius 1 is 1.21 bits per heavy atom. The molecule has 1 atom stereocenters. The first kappa shape index (κ1) is 18.7. The highest BCUT2D eigenvalue weighted by atomic mass is 16.5. The lowest BCUT2D eigenvalue weighted by molar-refractivity contribution is 0.0696. The van der Waals surface area contributed by atoms with E-state index in [1.165, 1.54) is 0 Å². The average Bonchev–Trinajstić information content (AvgIpc) is 3.45. The van der Waals surface area contributed by atoms with E-state index >= 15 is 0 Å². The van der Waals surface area contributed by atoms with E-state index in [2.05, 4.69) is 10.2 Å². The zero-order valence-corrected chi connectivity index (χ0v) is 16.0. The molecule has 0 radical (unpaired) electrons. The molecule has 1 amide bonds. The van der Waals surface area contributed by atoms with E-state index < -0.39 is 5.97 Å². The number of hydrogen-bond donors (Lipinski definition) is 2. The van der Waals surface area contributed by atoms with Gasteiger partial charge >= 0.3 is 5.97 Å². The molecule has 0 spiro atoms. The number of rotatable bonds is 5. The van der Waals surface area contributed by atoms with Gasteiger partial charge in [-0.2, -0.15) is 5.10 Å². The molecule has 1 fully saturated rings. The second-order valence-electron chi connectivity index (χ2n) is 6.99. The monoisotopic (exact) mass is 391 g/mol. The van der Waals surface area contributed by atoms with Gasteiger partial charge in [0.1, 0.15) is 5.75 Å². The fourth-order valence-electron chi connectivity index (χ4n) is 3.86. The Bertz CT molecular complexity index is 1050. The summed E-state index contributed by atoms with van der Waals surface area (Å²) in [4.78, 5) is 26.4. The number of hydrogen-bond acceptors (Lipinski definition) is 4. The van der Waals surface area contributed by atoms with Crippen LogP contribution in [-0.4, -0.2) is 45.7 Å². The highest BCUT2D eigenvalue weighted by Crippen LogP contribution is 2.35. The maximum atomic E-state index is 13.3. The number of aromatic amines is 1. The Morgan fingerprint density at radius 2 is 2.07 bits per heavy atom. The number of likely N-dealkylation sites (tertiary alicyclic amines) is 1. The summed E-state index contributed by atoms with van der Waals surface area (Å²) >= 11 is 0. The van der Waals surface area contributed by atoms with E-state index in [4.69, 9.17) is 4.74 Å². The number of aromatic nitrogens is 2. The van der Waals surface area contributed by atoms with Crippen LogP contribution in [0.3, 0.4) is 0 Å². The highest BCUT2D eigenvalue weighted by molar-refractivity contribution is 5.96. The molecule has 2 N–H and O–H groups in total. The van der Waals surface area contributed by atoms with Crippen molar-refractivity contribution in [1.29, 1.82) is 0 Å². The summed E-state index contributed by atoms with van der Waals surface area (Å²) < 4.78 is 5.50. The van der Waals surface area contributed by atoms with Crippen molar-refractivity contribution in [2.75, 3.05) is 13.7 Å². The fourth-order valence-corrected chi connectivity index (χ4v) is 3.86. The van der Waals surface area contributed by atoms with Gasteiger partial charge in [-0.05, 0) is 48.7 Å². The zero-order valence-electron chi connectivity index (χ0n) is 16.0. The topological polar surface area (TPSA) is 95.5 Å². The van der Waals surface area contributed by atoms with Crippen molar-refractivity contribution >= 4 is 11.9 Å². The van der Waals surface area contributed by atoms with Gasteiger partial charge in [0.05, 0.1) is 24.9 Å². The molecule has 7 heteroatoms. The molecule has 0 aliphatic carbocycles. The SMILES string of the molecule is COc1cc(C(=O)N2CCCC2c2cccc(C(=O)O)c2)ccc1-c1cn[nH]c1. The van der Waals surface area contributed by atoms with E-state index in [1.807, 2.05) is 17.0 Å². The molecule has 2 aromatic carbocycles. The molecule has 0 bridgehead atoms. The number of carbonyl (C=O) groups is 2. The normalized spacial score (nSPS) is 16.0. The second kappa shape index (κ2) is 7.79. The summed E-state index contributed by atoms with van der Waals surface area (Å²) in [6.45, 7) is 0.632. The van der Waals surface area contributed by atoms with Crippen LogP contribution in [0.1, 0.15) is 45.2 Å². The Hall–Kier alpha value is -3.61. The van der Waals surface area contributed by atoms with Crippen LogP contribution in [0.25, 0.3) is 11.1 Å². The lowest BCUT2D eigenvalue weighted by Crippen LogP contribution is -2.30. The van der Waals surface area contributed by atoms with Crippen LogP contribution < -0.4 is 4.74 Å². The van der Waals surface area contributed by atoms with Crippen LogP contribution in [-0.2, 0) is 0 Å². The number of ether oxygens (including phenoxy) is 1. The van der Waals surface area contributed by atoms with Crippen molar-refractivity contribution in [3.63, 3.8) is 0 Å². The Labute approximate surface area is 167 Å². The largest absolute Gasteiger partial charge is 0.496 e. The fraction of sp³-hybridized carbons (Fsp3) is 0.227. The molecular formula is C22H21N3O4. The third-order valence-electron chi connectivity index (χ3n) is 5.29. The third-order valence-corrected chi connectivity index (χ3v) is 5.29. The van der Waals surface area contributed by atoms with Crippen molar-refractivity contribution in [2.24, 2.45) is 0 Å². The maximum absolute atomic E-state index is 13.3. The van der Waals surface area contributed by atoms with Crippen LogP contribution in [0.5, 0.6) is 5.75 Å². The molecule has 1 aromatic heterocycles. The first-order valence-electron chi connectivity index (χ1n) is 9.40. The van der Waals surface area contributed by atoms with Gasteiger partial charge in [0, 0.05) is 29.4 Å². The number of benzene rings is 2. The molecular weight excluding hydrogens is 370 g/mol. The van der Waals surface area contributed by atoms with Gasteiger partial charge < -0.3 is 14.7 Å². The summed E-state index contributed by atoms with van der Waals surface area (Å²) in [5, 5.41) is 16.0. The van der Waals surface area contributed by atoms with E-state index in [0.717, 1.165) is 29.5 Å². The van der Waals surface area contributed by atoms with Crippen LogP contribution in [0.2, 0.25) is 0 Å². The molecule has 1 unspecified atom stereocenters. The van der Waals surface area contributed by atoms with Crippen molar-refractivity contribution < 1.29 is 19.4 Å². The standard InChI is InChI=1S/C22H21N3O4/c1-29-20-11-15(7-8-18(20)17-12-23-24-13-17)21(26)25-9-3-6-19(25)14-4-2-5-16(10-14)22(27)28/h2,4-5,7-8,10-13,19H,3,6,9H2,1H3,(H,23,24)(H,27,28). The number of nitrogens with one attached hydrogen (secondary N) is 1. The van der Waals surface area contributed by atoms with Crippen LogP contribution >= 0.6 is 0 Å². The summed E-state index contributed by atoms with van der Waals surface area (Å²) in [6.07, 6.45) is 5.15. The second-order valence-corrected chi connectivity index (χ2v) is 6.99. The van der Waals surface area contributed by atoms with Crippen LogP contribution in [0.4, 0.5) is 0 Å². The predicted molar refractivity (Wildman–Crippen MR) is 107 cm³/mol. The molecule has 1 aliphatic heterocycles. The summed E-state index contributed by atoms with van der Waals surface area (Å²) in [5.74, 6) is -0.464. The Morgan fingerprint density at radius 3 is 2.79 bits per heavy atom. The number of carboxylic acids is 1. The molecule has 29 heavy (non-hydrogen) atoms. The minimum absolute atomic E-state index is 0.0923. The van der Waals surface area contributed by atoms with E-state index in [0.29, 0.717) is 17.9 Å². The van der Waals surface area contributed by atoms with Gasteiger partial charge in [-0.25, -0.2) is 4.79 Å². The van der Waals surface area contributed by atoms with Crippen molar-refractivity contribution in [3.8, 4) is 16.9 Å². The first-order chi connectivity index (χ1) is 14.1. The smallest absolute Gasteiger partial charge is 0.335 e. The van der Waals surface area contributed by atoms with Crippen LogP contribution in [0.15, 0.2) is 54.9 Å². The summed E-state index contributed by atoms with van der Waals surface area (Å²) in [6, 6.07) is 12.1. The molecule has 1 saturated heterocycles. The quantitative estimate of drug-likeness (QED) is 0.690. The summed E-state index contributed by atoms with van der Waals surface area (Å²) in [7, 11) is 1.57. The minimum Gasteiger partial charge on any atom is -0.496 e. The molecule has 7 nitrogen and oxygen atoms in total. The number of carboxylic acid groups (broad SMARTS) is 1. The van der Waals surface area contributed by atoms with E-state index in [9.17, 15) is 14.7 Å². The predicted octanol–water partition coefficient (Wildman–Crippen LogP) is 3.76. The number of amides is 1. The van der Waals surface area contributed by atoms with Crippen molar-refractivity contribution in [1.82, 2.24) is 15.1 Å². The number of aromatic carboxylic acids is 1. The lowest BCUT2D eigenvalue weighted by Gasteiger charge is -2.26. The first-order valence-corrected chi connectivity index (χ1v) is 9.40. The Kier molecular flexibility index (Phi) is 5.03. The van der Waals surface area contributed by atoms with Gasteiger partial charge in [0.25, 0.3) is 5.91 Å². The van der Waals surface area contributed by atoms with Gasteiger partial charge in [0.2, 0.25) is 0 Å². The van der Waals surface area contributed by atoms with E-state index in [1.54, 1.807) is 49.8 Å². The lowest BCUT2D eigenvalue weighted by atomic mass is 10.0. The molecule has 4 rings (SSSR count). The number of carbonyl (C=O) groups excluding carboxylic acids is 1. The number of H-pyrrole nitrogens is 1. The van der Waals surface area contributed by atoms with Crippen LogP contribution in [0, 0.1) is 0 Å². The van der Waals surface area contributed by atoms with E-state index in [-0.39, 0.29) is 17.5 Å². The molecule has 2 heterocycles. The molecule has 148 valence electrons. The summed E-state index contributed by atoms with van der Waals surface area (Å²) in [5.41, 5.74) is 3.34. The Balaban J connectivity index is 1.63.